The number of hydrogen-bond acceptors (Lipinski definition) is 6. The molecule has 1 N–H and O–H groups in total. The summed E-state index contributed by atoms with van der Waals surface area (Å²) in [7, 11) is 0. The second-order valence-electron chi connectivity index (χ2n) is 10.7. The molecule has 2 aliphatic heterocycles. The number of pyridine rings is 1. The van der Waals surface area contributed by atoms with E-state index >= 15 is 0 Å². The van der Waals surface area contributed by atoms with Gasteiger partial charge in [-0.3, -0.25) is 4.90 Å². The van der Waals surface area contributed by atoms with Crippen molar-refractivity contribution in [2.24, 2.45) is 0 Å². The average Bonchev–Trinajstić information content (AvgIpc) is 3.11. The molecule has 0 saturated carbocycles. The predicted molar refractivity (Wildman–Crippen MR) is 136 cm³/mol. The fourth-order valence-electron chi connectivity index (χ4n) is 4.94. The van der Waals surface area contributed by atoms with Gasteiger partial charge in [0.05, 0.1) is 35.8 Å². The van der Waals surface area contributed by atoms with Crippen molar-refractivity contribution in [3.8, 4) is 0 Å². The molecule has 0 bridgehead atoms. The number of piperidine rings is 1. The summed E-state index contributed by atoms with van der Waals surface area (Å²) in [6.45, 7) is 10.2. The second kappa shape index (κ2) is 10.1. The number of benzene rings is 1. The second-order valence-corrected chi connectivity index (χ2v) is 11.1. The number of nitrogens with zero attached hydrogens (tertiary/aromatic N) is 4. The molecule has 2 fully saturated rings. The SMILES string of the molecule is CC(C)(C)OC(O)c1ccc2nc(CN3CCC(c4cccc(Cl)n4)CC3)n(C[C@@H]3CCO3)c2c1. The zero-order valence-corrected chi connectivity index (χ0v) is 21.5. The Balaban J connectivity index is 1.34. The van der Waals surface area contributed by atoms with Crippen LogP contribution in [0.1, 0.15) is 69.3 Å². The van der Waals surface area contributed by atoms with E-state index in [-0.39, 0.29) is 6.10 Å². The average molecular weight is 499 g/mol. The first kappa shape index (κ1) is 24.7. The smallest absolute Gasteiger partial charge is 0.181 e. The lowest BCUT2D eigenvalue weighted by molar-refractivity contribution is -0.169. The summed E-state index contributed by atoms with van der Waals surface area (Å²) in [6, 6.07) is 11.8. The lowest BCUT2D eigenvalue weighted by Gasteiger charge is -2.32. The summed E-state index contributed by atoms with van der Waals surface area (Å²) in [5, 5.41) is 11.2. The Hall–Kier alpha value is -2.03. The normalized spacial score (nSPS) is 20.8. The van der Waals surface area contributed by atoms with Gasteiger partial charge in [-0.25, -0.2) is 9.97 Å². The van der Waals surface area contributed by atoms with Crippen LogP contribution in [-0.4, -0.2) is 55.9 Å². The molecule has 2 aromatic heterocycles. The lowest BCUT2D eigenvalue weighted by Crippen LogP contribution is -2.35. The lowest BCUT2D eigenvalue weighted by atomic mass is 9.93. The highest BCUT2D eigenvalue weighted by atomic mass is 35.5. The predicted octanol–water partition coefficient (Wildman–Crippen LogP) is 5.06. The quantitative estimate of drug-likeness (QED) is 0.362. The van der Waals surface area contributed by atoms with E-state index in [9.17, 15) is 5.11 Å². The third-order valence-corrected chi connectivity index (χ3v) is 7.10. The summed E-state index contributed by atoms with van der Waals surface area (Å²) in [5.41, 5.74) is 3.35. The topological polar surface area (TPSA) is 72.6 Å². The van der Waals surface area contributed by atoms with E-state index in [4.69, 9.17) is 26.1 Å². The molecule has 0 spiro atoms. The van der Waals surface area contributed by atoms with Crippen LogP contribution in [-0.2, 0) is 22.6 Å². The first-order valence-corrected chi connectivity index (χ1v) is 12.9. The molecule has 3 aromatic rings. The standard InChI is InChI=1S/C27H35ClN4O3/c1-27(2,3)35-26(33)19-7-8-22-23(15-19)32(16-20-11-14-34-20)25(30-22)17-31-12-9-18(10-13-31)21-5-4-6-24(28)29-21/h4-8,15,18,20,26,33H,9-14,16-17H2,1-3H3/t20-,26?/m0/s1. The van der Waals surface area contributed by atoms with Gasteiger partial charge in [-0.2, -0.15) is 0 Å². The zero-order chi connectivity index (χ0) is 24.6. The number of imidazole rings is 1. The maximum Gasteiger partial charge on any atom is 0.181 e. The van der Waals surface area contributed by atoms with Crippen LogP contribution in [0, 0.1) is 0 Å². The molecule has 1 unspecified atom stereocenters. The molecule has 188 valence electrons. The van der Waals surface area contributed by atoms with Crippen molar-refractivity contribution in [3.63, 3.8) is 0 Å². The highest BCUT2D eigenvalue weighted by Crippen LogP contribution is 2.30. The highest BCUT2D eigenvalue weighted by molar-refractivity contribution is 6.29. The van der Waals surface area contributed by atoms with Gasteiger partial charge in [0, 0.05) is 23.8 Å². The third-order valence-electron chi connectivity index (χ3n) is 6.89. The third kappa shape index (κ3) is 5.87. The van der Waals surface area contributed by atoms with Crippen LogP contribution in [0.2, 0.25) is 5.15 Å². The van der Waals surface area contributed by atoms with Crippen LogP contribution in [0.15, 0.2) is 36.4 Å². The van der Waals surface area contributed by atoms with Crippen LogP contribution < -0.4 is 0 Å². The number of aliphatic hydroxyl groups excluding tert-OH is 1. The molecule has 8 heteroatoms. The summed E-state index contributed by atoms with van der Waals surface area (Å²) in [5.74, 6) is 1.48. The minimum absolute atomic E-state index is 0.213. The first-order valence-electron chi connectivity index (χ1n) is 12.6. The summed E-state index contributed by atoms with van der Waals surface area (Å²) in [4.78, 5) is 12.0. The number of halogens is 1. The number of aliphatic hydroxyl groups is 1. The number of aromatic nitrogens is 3. The van der Waals surface area contributed by atoms with Crippen molar-refractivity contribution in [2.75, 3.05) is 19.7 Å². The molecule has 1 aromatic carbocycles. The van der Waals surface area contributed by atoms with E-state index in [1.165, 1.54) is 0 Å². The van der Waals surface area contributed by atoms with Crippen LogP contribution in [0.25, 0.3) is 11.0 Å². The van der Waals surface area contributed by atoms with E-state index in [0.29, 0.717) is 11.1 Å². The number of likely N-dealkylation sites (tertiary alicyclic amines) is 1. The zero-order valence-electron chi connectivity index (χ0n) is 20.8. The molecular formula is C27H35ClN4O3. The maximum atomic E-state index is 10.7. The van der Waals surface area contributed by atoms with E-state index < -0.39 is 11.9 Å². The largest absolute Gasteiger partial charge is 0.376 e. The van der Waals surface area contributed by atoms with Crippen LogP contribution in [0.4, 0.5) is 0 Å². The van der Waals surface area contributed by atoms with Gasteiger partial charge in [-0.15, -0.1) is 0 Å². The molecule has 0 aliphatic carbocycles. The van der Waals surface area contributed by atoms with Gasteiger partial charge in [-0.05, 0) is 77.4 Å². The maximum absolute atomic E-state index is 10.7. The Morgan fingerprint density at radius 1 is 1.14 bits per heavy atom. The Morgan fingerprint density at radius 2 is 1.91 bits per heavy atom. The Kier molecular flexibility index (Phi) is 7.15. The van der Waals surface area contributed by atoms with E-state index in [0.717, 1.165) is 80.2 Å². The Bertz CT molecular complexity index is 1160. The minimum atomic E-state index is -0.981. The summed E-state index contributed by atoms with van der Waals surface area (Å²) >= 11 is 6.11. The molecule has 0 amide bonds. The van der Waals surface area contributed by atoms with Crippen molar-refractivity contribution in [3.05, 3.63) is 58.6 Å². The highest BCUT2D eigenvalue weighted by Gasteiger charge is 2.26. The molecule has 2 saturated heterocycles. The number of rotatable bonds is 7. The molecule has 2 atom stereocenters. The summed E-state index contributed by atoms with van der Waals surface area (Å²) < 4.78 is 13.8. The fourth-order valence-corrected chi connectivity index (χ4v) is 5.11. The van der Waals surface area contributed by atoms with E-state index in [2.05, 4.69) is 20.5 Å². The van der Waals surface area contributed by atoms with Crippen molar-refractivity contribution >= 4 is 22.6 Å². The molecular weight excluding hydrogens is 464 g/mol. The van der Waals surface area contributed by atoms with Crippen molar-refractivity contribution in [2.45, 2.75) is 77.0 Å². The summed E-state index contributed by atoms with van der Waals surface area (Å²) in [6.07, 6.45) is 2.40. The van der Waals surface area contributed by atoms with E-state index in [1.807, 2.05) is 51.1 Å². The Labute approximate surface area is 212 Å². The molecule has 35 heavy (non-hydrogen) atoms. The number of ether oxygens (including phenoxy) is 2. The molecule has 2 aliphatic rings. The number of fused-ring (bicyclic) bond motifs is 1. The van der Waals surface area contributed by atoms with Gasteiger partial charge >= 0.3 is 0 Å². The van der Waals surface area contributed by atoms with Crippen molar-refractivity contribution in [1.82, 2.24) is 19.4 Å². The van der Waals surface area contributed by atoms with Gasteiger partial charge in [0.25, 0.3) is 0 Å². The molecule has 4 heterocycles. The van der Waals surface area contributed by atoms with Crippen molar-refractivity contribution < 1.29 is 14.6 Å². The van der Waals surface area contributed by atoms with Gasteiger partial charge in [0.15, 0.2) is 6.29 Å². The molecule has 7 nitrogen and oxygen atoms in total. The minimum Gasteiger partial charge on any atom is -0.376 e. The van der Waals surface area contributed by atoms with Gasteiger partial charge in [0.2, 0.25) is 0 Å². The first-order chi connectivity index (χ1) is 16.7. The van der Waals surface area contributed by atoms with E-state index in [1.54, 1.807) is 0 Å². The van der Waals surface area contributed by atoms with Gasteiger partial charge < -0.3 is 19.1 Å². The van der Waals surface area contributed by atoms with Gasteiger partial charge in [0.1, 0.15) is 11.0 Å². The number of hydrogen-bond donors (Lipinski definition) is 1. The van der Waals surface area contributed by atoms with Crippen LogP contribution in [0.3, 0.4) is 0 Å². The fraction of sp³-hybridized carbons (Fsp3) is 0.556. The molecule has 0 radical (unpaired) electrons. The van der Waals surface area contributed by atoms with Crippen LogP contribution in [0.5, 0.6) is 0 Å². The molecule has 5 rings (SSSR count). The van der Waals surface area contributed by atoms with Crippen LogP contribution >= 0.6 is 11.6 Å². The monoisotopic (exact) mass is 498 g/mol. The van der Waals surface area contributed by atoms with Gasteiger partial charge in [-0.1, -0.05) is 23.7 Å². The Morgan fingerprint density at radius 3 is 2.57 bits per heavy atom. The van der Waals surface area contributed by atoms with Crippen molar-refractivity contribution in [1.29, 1.82) is 0 Å².